The zero-order chi connectivity index (χ0) is 22.7. The van der Waals surface area contributed by atoms with Crippen LogP contribution in [0.15, 0.2) is 60.7 Å². The molecule has 168 valence electrons. The molecule has 5 heteroatoms. The molecule has 1 aliphatic heterocycles. The molecule has 0 N–H and O–H groups in total. The summed E-state index contributed by atoms with van der Waals surface area (Å²) in [7, 11) is 0. The molecule has 0 spiro atoms. The average molecular weight is 620 g/mol. The van der Waals surface area contributed by atoms with Gasteiger partial charge in [-0.15, -0.1) is 47.5 Å². The Balaban J connectivity index is 0.00000259. The summed E-state index contributed by atoms with van der Waals surface area (Å²) in [6.45, 7) is 7.71. The van der Waals surface area contributed by atoms with Gasteiger partial charge >= 0.3 is 21.1 Å². The van der Waals surface area contributed by atoms with Crippen LogP contribution in [0, 0.1) is 23.8 Å². The summed E-state index contributed by atoms with van der Waals surface area (Å²) in [4.78, 5) is 9.78. The minimum atomic E-state index is -1.02. The van der Waals surface area contributed by atoms with Crippen molar-refractivity contribution in [3.05, 3.63) is 107 Å². The van der Waals surface area contributed by atoms with E-state index in [0.29, 0.717) is 22.5 Å². The Bertz CT molecular complexity index is 1260. The normalized spacial score (nSPS) is 15.2. The van der Waals surface area contributed by atoms with Gasteiger partial charge in [0.25, 0.3) is 0 Å². The van der Waals surface area contributed by atoms with Gasteiger partial charge in [-0.1, -0.05) is 49.2 Å². The molecule has 0 saturated carbocycles. The minimum absolute atomic E-state index is 0. The molecule has 5 rings (SSSR count). The summed E-state index contributed by atoms with van der Waals surface area (Å²) in [6.07, 6.45) is 0. The molecular formula is C28H22F2N2Pt. The molecular weight excluding hydrogens is 597 g/mol. The van der Waals surface area contributed by atoms with Crippen molar-refractivity contribution in [2.45, 2.75) is 38.5 Å². The number of hydrogen-bond acceptors (Lipinski definition) is 2. The second kappa shape index (κ2) is 8.25. The molecule has 0 amide bonds. The summed E-state index contributed by atoms with van der Waals surface area (Å²) in [5.74, 6) is -0.888. The van der Waals surface area contributed by atoms with E-state index < -0.39 is 22.5 Å². The van der Waals surface area contributed by atoms with E-state index in [1.165, 1.54) is 12.1 Å². The molecule has 2 aromatic heterocycles. The van der Waals surface area contributed by atoms with Crippen LogP contribution in [0.25, 0.3) is 22.5 Å². The Morgan fingerprint density at radius 2 is 1.03 bits per heavy atom. The molecule has 8 bridgehead atoms. The standard InChI is InChI=1S/C28H22F2N2.Pt/c1-27(2)19-15-17(11-13-21(19)29)23-7-5-9-25(31-23)28(3,4)26-10-6-8-24(32-26)18-12-14-22(30)20(27)16-18;/h5-14H,1-4H3;/q-2;+2. The van der Waals surface area contributed by atoms with Gasteiger partial charge in [0, 0.05) is 28.4 Å². The fraction of sp³-hybridized carbons (Fsp3) is 0.214. The first-order valence-electron chi connectivity index (χ1n) is 10.6. The minimum Gasteiger partial charge on any atom is -0.300 e. The van der Waals surface area contributed by atoms with E-state index in [2.05, 4.69) is 26.0 Å². The van der Waals surface area contributed by atoms with Crippen molar-refractivity contribution < 1.29 is 29.8 Å². The Kier molecular flexibility index (Phi) is 5.86. The first-order valence-corrected chi connectivity index (χ1v) is 10.6. The van der Waals surface area contributed by atoms with Crippen LogP contribution in [0.5, 0.6) is 0 Å². The van der Waals surface area contributed by atoms with Gasteiger partial charge in [0.2, 0.25) is 0 Å². The van der Waals surface area contributed by atoms with Crippen molar-refractivity contribution >= 4 is 0 Å². The van der Waals surface area contributed by atoms with E-state index in [1.54, 1.807) is 26.0 Å². The van der Waals surface area contributed by atoms with Gasteiger partial charge in [-0.25, -0.2) is 0 Å². The van der Waals surface area contributed by atoms with Crippen LogP contribution in [0.3, 0.4) is 0 Å². The van der Waals surface area contributed by atoms with Crippen molar-refractivity contribution in [2.24, 2.45) is 0 Å². The van der Waals surface area contributed by atoms with Gasteiger partial charge < -0.3 is 9.97 Å². The van der Waals surface area contributed by atoms with Crippen LogP contribution in [0.2, 0.25) is 0 Å². The third-order valence-corrected chi connectivity index (χ3v) is 6.37. The van der Waals surface area contributed by atoms with Crippen LogP contribution >= 0.6 is 0 Å². The Morgan fingerprint density at radius 1 is 0.606 bits per heavy atom. The van der Waals surface area contributed by atoms with Crippen LogP contribution in [-0.2, 0) is 31.9 Å². The molecule has 2 nitrogen and oxygen atoms in total. The third kappa shape index (κ3) is 3.85. The van der Waals surface area contributed by atoms with E-state index in [-0.39, 0.29) is 32.2 Å². The predicted molar refractivity (Wildman–Crippen MR) is 121 cm³/mol. The second-order valence-electron chi connectivity index (χ2n) is 9.26. The summed E-state index contributed by atoms with van der Waals surface area (Å²) in [6, 6.07) is 24.1. The molecule has 0 radical (unpaired) electrons. The molecule has 0 aliphatic carbocycles. The van der Waals surface area contributed by atoms with Gasteiger partial charge in [0.1, 0.15) is 0 Å². The van der Waals surface area contributed by atoms with Crippen LogP contribution < -0.4 is 0 Å². The fourth-order valence-corrected chi connectivity index (χ4v) is 4.28. The number of rotatable bonds is 0. The van der Waals surface area contributed by atoms with E-state index in [4.69, 9.17) is 9.97 Å². The first-order chi connectivity index (χ1) is 15.2. The van der Waals surface area contributed by atoms with Crippen molar-refractivity contribution in [3.63, 3.8) is 0 Å². The summed E-state index contributed by atoms with van der Waals surface area (Å²) in [5.41, 5.74) is 3.40. The van der Waals surface area contributed by atoms with Crippen LogP contribution in [0.1, 0.15) is 50.2 Å². The van der Waals surface area contributed by atoms with Crippen molar-refractivity contribution in [2.75, 3.05) is 0 Å². The maximum atomic E-state index is 15.0. The van der Waals surface area contributed by atoms with Gasteiger partial charge in [-0.3, -0.25) is 8.78 Å². The average Bonchev–Trinajstić information content (AvgIpc) is 2.79. The van der Waals surface area contributed by atoms with Crippen LogP contribution in [-0.4, -0.2) is 9.97 Å². The van der Waals surface area contributed by atoms with Crippen LogP contribution in [0.4, 0.5) is 8.78 Å². The SMILES string of the molecule is CC1(C)c2cccc(n2)-c2[c-]c(c(F)cc2)C(C)(C)c2[c-]c(ccc2F)-c2cccc1n2.[Pt+2]. The van der Waals surface area contributed by atoms with Gasteiger partial charge in [-0.2, -0.15) is 0 Å². The number of hydrogen-bond donors (Lipinski definition) is 0. The summed E-state index contributed by atoms with van der Waals surface area (Å²) in [5, 5.41) is 0. The molecule has 2 aromatic carbocycles. The molecule has 0 atom stereocenters. The van der Waals surface area contributed by atoms with E-state index >= 15 is 8.78 Å². The Labute approximate surface area is 207 Å². The number of fused-ring (bicyclic) bond motifs is 10. The quantitative estimate of drug-likeness (QED) is 0.206. The third-order valence-electron chi connectivity index (χ3n) is 6.37. The zero-order valence-corrected chi connectivity index (χ0v) is 21.0. The van der Waals surface area contributed by atoms with Gasteiger partial charge in [-0.05, 0) is 42.8 Å². The summed E-state index contributed by atoms with van der Waals surface area (Å²) >= 11 is 0. The number of nitrogens with zero attached hydrogens (tertiary/aromatic N) is 2. The van der Waals surface area contributed by atoms with Crippen molar-refractivity contribution in [1.82, 2.24) is 9.97 Å². The monoisotopic (exact) mass is 619 g/mol. The number of halogens is 2. The molecule has 3 heterocycles. The van der Waals surface area contributed by atoms with Crippen molar-refractivity contribution in [1.29, 1.82) is 0 Å². The number of benzene rings is 2. The zero-order valence-electron chi connectivity index (χ0n) is 18.7. The summed E-state index contributed by atoms with van der Waals surface area (Å²) < 4.78 is 30.1. The molecule has 0 fully saturated rings. The first kappa shape index (κ1) is 23.4. The molecule has 4 aromatic rings. The predicted octanol–water partition coefficient (Wildman–Crippen LogP) is 6.65. The molecule has 33 heavy (non-hydrogen) atoms. The largest absolute Gasteiger partial charge is 2.00 e. The number of pyridine rings is 2. The molecule has 0 saturated heterocycles. The maximum Gasteiger partial charge on any atom is 2.00 e. The van der Waals surface area contributed by atoms with Gasteiger partial charge in [0.15, 0.2) is 0 Å². The van der Waals surface area contributed by atoms with E-state index in [1.807, 2.05) is 36.4 Å². The Morgan fingerprint density at radius 3 is 1.45 bits per heavy atom. The topological polar surface area (TPSA) is 25.8 Å². The van der Waals surface area contributed by atoms with Crippen molar-refractivity contribution in [3.8, 4) is 22.5 Å². The van der Waals surface area contributed by atoms with E-state index in [9.17, 15) is 0 Å². The number of aromatic nitrogens is 2. The Hall–Kier alpha value is -2.71. The molecule has 1 aliphatic rings. The maximum absolute atomic E-state index is 15.0. The molecule has 0 unspecified atom stereocenters. The van der Waals surface area contributed by atoms with E-state index in [0.717, 1.165) is 11.4 Å². The van der Waals surface area contributed by atoms with Gasteiger partial charge in [0.05, 0.1) is 0 Å². The second-order valence-corrected chi connectivity index (χ2v) is 9.26. The fourth-order valence-electron chi connectivity index (χ4n) is 4.28. The smallest absolute Gasteiger partial charge is 0.300 e.